The molecule has 0 radical (unpaired) electrons. The number of nitrogens with zero attached hydrogens (tertiary/aromatic N) is 2. The van der Waals surface area contributed by atoms with Gasteiger partial charge in [0.15, 0.2) is 0 Å². The molecule has 2 N–H and O–H groups in total. The van der Waals surface area contributed by atoms with E-state index in [0.29, 0.717) is 5.56 Å². The molecule has 0 fully saturated rings. The predicted molar refractivity (Wildman–Crippen MR) is 254 cm³/mol. The van der Waals surface area contributed by atoms with Crippen LogP contribution in [-0.4, -0.2) is 53.8 Å². The summed E-state index contributed by atoms with van der Waals surface area (Å²) >= 11 is 0. The molecule has 10 rings (SSSR count). The summed E-state index contributed by atoms with van der Waals surface area (Å²) in [4.78, 5) is 32.1. The van der Waals surface area contributed by atoms with E-state index in [-0.39, 0.29) is 12.6 Å². The molecular weight excluding hydrogens is 785 g/mol. The summed E-state index contributed by atoms with van der Waals surface area (Å²) in [5.41, 5.74) is 14.2. The third-order valence-corrected chi connectivity index (χ3v) is 11.6. The molecule has 5 heterocycles. The predicted octanol–water partition coefficient (Wildman–Crippen LogP) is 12.7. The van der Waals surface area contributed by atoms with E-state index in [9.17, 15) is 4.79 Å². The molecule has 0 spiro atoms. The van der Waals surface area contributed by atoms with Crippen LogP contribution in [0.1, 0.15) is 40.1 Å². The standard InChI is InChI=1S/C54H42N4O5/c1-5-63-54(59)40-11-7-9-32-8-6-10-39(49(32)40)53-47-30-28-45(57-47)51(34-14-20-37(61-3)21-15-34)43-26-24-41(55-43)50(33-12-18-36(60-2)19-13-33)42-25-27-44(56-42)52(46-29-31-48(53)58-46)35-16-22-38(62-4)23-17-35/h6-31,55,58H,5H2,1-4H3. The number of benzene rings is 5. The normalized spacial score (nSPS) is 11.8. The average molecular weight is 827 g/mol. The highest BCUT2D eigenvalue weighted by Gasteiger charge is 2.22. The molecule has 0 amide bonds. The van der Waals surface area contributed by atoms with Crippen LogP contribution in [0.15, 0.2) is 133 Å². The Morgan fingerprint density at radius 2 is 0.857 bits per heavy atom. The average Bonchev–Trinajstić information content (AvgIpc) is 4.18. The van der Waals surface area contributed by atoms with E-state index in [2.05, 4.69) is 101 Å². The quantitative estimate of drug-likeness (QED) is 0.139. The molecular formula is C54H42N4O5. The van der Waals surface area contributed by atoms with Crippen LogP contribution in [0.4, 0.5) is 0 Å². The second-order valence-corrected chi connectivity index (χ2v) is 15.1. The van der Waals surface area contributed by atoms with Crippen molar-refractivity contribution in [2.75, 3.05) is 27.9 Å². The van der Waals surface area contributed by atoms with Crippen LogP contribution in [0.2, 0.25) is 0 Å². The Labute approximate surface area is 364 Å². The van der Waals surface area contributed by atoms with Gasteiger partial charge in [-0.1, -0.05) is 66.7 Å². The summed E-state index contributed by atoms with van der Waals surface area (Å²) in [6.07, 6.45) is 8.25. The summed E-state index contributed by atoms with van der Waals surface area (Å²) in [7, 11) is 5.00. The second-order valence-electron chi connectivity index (χ2n) is 15.1. The number of hydrogen-bond acceptors (Lipinski definition) is 7. The van der Waals surface area contributed by atoms with Gasteiger partial charge in [-0.2, -0.15) is 0 Å². The van der Waals surface area contributed by atoms with Crippen molar-refractivity contribution >= 4 is 63.1 Å². The first-order valence-electron chi connectivity index (χ1n) is 20.7. The van der Waals surface area contributed by atoms with Crippen LogP contribution in [-0.2, 0) is 4.74 Å². The number of carbonyl (C=O) groups is 1. The summed E-state index contributed by atoms with van der Waals surface area (Å²) in [6, 6.07) is 44.3. The van der Waals surface area contributed by atoms with Crippen molar-refractivity contribution in [1.82, 2.24) is 19.9 Å². The minimum absolute atomic E-state index is 0.257. The SMILES string of the molecule is CCOC(=O)c1cccc2cccc(-c3c4nc(c(-c5ccc(OC)cc5)c5ccc([nH]5)c(-c5ccc(OC)cc5)c5nc(c(-c6ccc(OC)cc6)c6ccc3[nH]6)C=C5)C=C4)c12. The molecule has 2 aliphatic heterocycles. The molecule has 308 valence electrons. The van der Waals surface area contributed by atoms with Crippen LogP contribution in [0.3, 0.4) is 0 Å². The van der Waals surface area contributed by atoms with Crippen LogP contribution in [0.25, 0.3) is 102 Å². The molecule has 9 heteroatoms. The summed E-state index contributed by atoms with van der Waals surface area (Å²) in [6.45, 7) is 2.08. The van der Waals surface area contributed by atoms with Gasteiger partial charge in [0.2, 0.25) is 0 Å². The molecule has 8 bridgehead atoms. The maximum Gasteiger partial charge on any atom is 0.338 e. The zero-order chi connectivity index (χ0) is 43.0. The van der Waals surface area contributed by atoms with Crippen LogP contribution in [0, 0.1) is 0 Å². The summed E-state index contributed by atoms with van der Waals surface area (Å²) < 4.78 is 22.3. The lowest BCUT2D eigenvalue weighted by Gasteiger charge is -2.13. The fourth-order valence-corrected chi connectivity index (χ4v) is 8.60. The molecule has 0 unspecified atom stereocenters. The first kappa shape index (κ1) is 39.0. The van der Waals surface area contributed by atoms with E-state index in [0.717, 1.165) is 117 Å². The number of nitrogens with one attached hydrogen (secondary N) is 2. The van der Waals surface area contributed by atoms with E-state index in [1.807, 2.05) is 73.7 Å². The van der Waals surface area contributed by atoms with E-state index in [1.165, 1.54) is 0 Å². The molecule has 0 saturated heterocycles. The lowest BCUT2D eigenvalue weighted by atomic mass is 9.93. The maximum absolute atomic E-state index is 13.6. The molecule has 0 saturated carbocycles. The van der Waals surface area contributed by atoms with Gasteiger partial charge in [-0.05, 0) is 126 Å². The Balaban J connectivity index is 1.38. The summed E-state index contributed by atoms with van der Waals surface area (Å²) in [5.74, 6) is 1.88. The molecule has 0 aliphatic carbocycles. The van der Waals surface area contributed by atoms with Crippen molar-refractivity contribution in [3.63, 3.8) is 0 Å². The first-order chi connectivity index (χ1) is 30.9. The van der Waals surface area contributed by atoms with Gasteiger partial charge in [0.1, 0.15) is 17.2 Å². The van der Waals surface area contributed by atoms with Gasteiger partial charge >= 0.3 is 5.97 Å². The van der Waals surface area contributed by atoms with Crippen molar-refractivity contribution in [3.8, 4) is 61.8 Å². The third kappa shape index (κ3) is 7.09. The molecule has 2 aliphatic rings. The van der Waals surface area contributed by atoms with E-state index >= 15 is 0 Å². The summed E-state index contributed by atoms with van der Waals surface area (Å²) in [5, 5.41) is 1.68. The topological polar surface area (TPSA) is 111 Å². The zero-order valence-electron chi connectivity index (χ0n) is 35.2. The fourth-order valence-electron chi connectivity index (χ4n) is 8.60. The lowest BCUT2D eigenvalue weighted by Crippen LogP contribution is -2.06. The minimum Gasteiger partial charge on any atom is -0.497 e. The van der Waals surface area contributed by atoms with Gasteiger partial charge in [0, 0.05) is 49.7 Å². The number of hydrogen-bond donors (Lipinski definition) is 2. The van der Waals surface area contributed by atoms with Crippen molar-refractivity contribution in [1.29, 1.82) is 0 Å². The van der Waals surface area contributed by atoms with E-state index in [4.69, 9.17) is 28.9 Å². The Morgan fingerprint density at radius 3 is 1.25 bits per heavy atom. The number of rotatable bonds is 9. The Bertz CT molecular complexity index is 3250. The van der Waals surface area contributed by atoms with Crippen molar-refractivity contribution < 1.29 is 23.7 Å². The Hall–Kier alpha value is -8.17. The highest BCUT2D eigenvalue weighted by atomic mass is 16.5. The van der Waals surface area contributed by atoms with Crippen molar-refractivity contribution in [2.45, 2.75) is 6.92 Å². The van der Waals surface area contributed by atoms with Gasteiger partial charge < -0.3 is 28.9 Å². The van der Waals surface area contributed by atoms with Gasteiger partial charge in [-0.3, -0.25) is 0 Å². The Morgan fingerprint density at radius 1 is 0.476 bits per heavy atom. The number of methoxy groups -OCH3 is 3. The molecule has 8 aromatic rings. The van der Waals surface area contributed by atoms with Crippen molar-refractivity contribution in [2.24, 2.45) is 0 Å². The molecule has 0 atom stereocenters. The monoisotopic (exact) mass is 826 g/mol. The number of esters is 1. The lowest BCUT2D eigenvalue weighted by molar-refractivity contribution is 0.0528. The van der Waals surface area contributed by atoms with Crippen LogP contribution in [0.5, 0.6) is 17.2 Å². The maximum atomic E-state index is 13.6. The number of aromatic amines is 2. The van der Waals surface area contributed by atoms with Gasteiger partial charge in [-0.15, -0.1) is 0 Å². The minimum atomic E-state index is -0.385. The Kier molecular flexibility index (Phi) is 10.1. The second kappa shape index (κ2) is 16.4. The number of H-pyrrole nitrogens is 2. The molecule has 3 aromatic heterocycles. The van der Waals surface area contributed by atoms with E-state index in [1.54, 1.807) is 21.3 Å². The highest BCUT2D eigenvalue weighted by Crippen LogP contribution is 2.41. The van der Waals surface area contributed by atoms with Gasteiger partial charge in [-0.25, -0.2) is 14.8 Å². The molecule has 63 heavy (non-hydrogen) atoms. The fraction of sp³-hybridized carbons (Fsp3) is 0.0926. The van der Waals surface area contributed by atoms with Gasteiger partial charge in [0.25, 0.3) is 0 Å². The third-order valence-electron chi connectivity index (χ3n) is 11.6. The highest BCUT2D eigenvalue weighted by molar-refractivity contribution is 6.13. The number of fused-ring (bicyclic) bond motifs is 9. The smallest absolute Gasteiger partial charge is 0.338 e. The first-order valence-corrected chi connectivity index (χ1v) is 20.7. The molecule has 9 nitrogen and oxygen atoms in total. The van der Waals surface area contributed by atoms with E-state index < -0.39 is 0 Å². The number of carbonyl (C=O) groups excluding carboxylic acids is 1. The van der Waals surface area contributed by atoms with Crippen LogP contribution < -0.4 is 14.2 Å². The van der Waals surface area contributed by atoms with Crippen molar-refractivity contribution in [3.05, 3.63) is 162 Å². The zero-order valence-corrected chi connectivity index (χ0v) is 35.2. The number of aromatic nitrogens is 4. The number of ether oxygens (including phenoxy) is 4. The molecule has 5 aromatic carbocycles. The largest absolute Gasteiger partial charge is 0.497 e. The van der Waals surface area contributed by atoms with Crippen LogP contribution >= 0.6 is 0 Å². The van der Waals surface area contributed by atoms with Gasteiger partial charge in [0.05, 0.1) is 56.3 Å².